The first kappa shape index (κ1) is 8.20. The number of rotatable bonds is 1. The van der Waals surface area contributed by atoms with Gasteiger partial charge < -0.3 is 14.3 Å². The highest BCUT2D eigenvalue weighted by molar-refractivity contribution is 5.57. The molecule has 68 valence electrons. The molecule has 3 heteroatoms. The van der Waals surface area contributed by atoms with Gasteiger partial charge in [0.2, 0.25) is 0 Å². The molecule has 0 amide bonds. The van der Waals surface area contributed by atoms with Crippen molar-refractivity contribution in [3.63, 3.8) is 0 Å². The highest BCUT2D eigenvalue weighted by Crippen LogP contribution is 2.41. The van der Waals surface area contributed by atoms with Crippen LogP contribution in [0.4, 0.5) is 0 Å². The summed E-state index contributed by atoms with van der Waals surface area (Å²) in [7, 11) is 0. The van der Waals surface area contributed by atoms with E-state index in [1.807, 2.05) is 6.92 Å². The number of aldehydes is 1. The van der Waals surface area contributed by atoms with Crippen molar-refractivity contribution >= 4 is 6.29 Å². The van der Waals surface area contributed by atoms with Crippen LogP contribution in [-0.4, -0.2) is 24.3 Å². The molecule has 0 aromatic heterocycles. The summed E-state index contributed by atoms with van der Waals surface area (Å²) >= 11 is 0. The lowest BCUT2D eigenvalue weighted by molar-refractivity contribution is -0.168. The van der Waals surface area contributed by atoms with Crippen molar-refractivity contribution in [1.82, 2.24) is 0 Å². The standard InChI is InChI=1S/C9H14O3/c1-7-8(6-10)12-9(11-7)4-2-3-5-9/h6-8H,2-5H2,1H3. The van der Waals surface area contributed by atoms with E-state index in [4.69, 9.17) is 9.47 Å². The zero-order valence-electron chi connectivity index (χ0n) is 7.29. The summed E-state index contributed by atoms with van der Waals surface area (Å²) < 4.78 is 11.2. The Labute approximate surface area is 72.0 Å². The fraction of sp³-hybridized carbons (Fsp3) is 0.889. The molecule has 0 N–H and O–H groups in total. The van der Waals surface area contributed by atoms with E-state index in [-0.39, 0.29) is 12.2 Å². The maximum absolute atomic E-state index is 10.6. The maximum Gasteiger partial charge on any atom is 0.169 e. The molecule has 2 rings (SSSR count). The van der Waals surface area contributed by atoms with Crippen molar-refractivity contribution in [3.05, 3.63) is 0 Å². The van der Waals surface area contributed by atoms with Crippen LogP contribution in [0.1, 0.15) is 32.6 Å². The molecule has 0 aromatic rings. The van der Waals surface area contributed by atoms with Crippen molar-refractivity contribution in [3.8, 4) is 0 Å². The zero-order chi connectivity index (χ0) is 8.60. The van der Waals surface area contributed by atoms with E-state index in [9.17, 15) is 4.79 Å². The number of hydrogen-bond acceptors (Lipinski definition) is 3. The zero-order valence-corrected chi connectivity index (χ0v) is 7.29. The molecule has 0 aromatic carbocycles. The number of carbonyl (C=O) groups excluding carboxylic acids is 1. The van der Waals surface area contributed by atoms with Crippen LogP contribution in [0.2, 0.25) is 0 Å². The average molecular weight is 170 g/mol. The Morgan fingerprint density at radius 3 is 2.50 bits per heavy atom. The number of carbonyl (C=O) groups is 1. The summed E-state index contributed by atoms with van der Waals surface area (Å²) in [5.74, 6) is -0.398. The van der Waals surface area contributed by atoms with E-state index < -0.39 is 5.79 Å². The van der Waals surface area contributed by atoms with E-state index in [1.165, 1.54) is 0 Å². The van der Waals surface area contributed by atoms with Crippen molar-refractivity contribution in [1.29, 1.82) is 0 Å². The van der Waals surface area contributed by atoms with Gasteiger partial charge in [-0.05, 0) is 19.8 Å². The molecule has 0 radical (unpaired) electrons. The van der Waals surface area contributed by atoms with E-state index in [1.54, 1.807) is 0 Å². The topological polar surface area (TPSA) is 35.5 Å². The van der Waals surface area contributed by atoms with Crippen LogP contribution in [0.15, 0.2) is 0 Å². The van der Waals surface area contributed by atoms with Crippen LogP contribution in [0.3, 0.4) is 0 Å². The Balaban J connectivity index is 2.08. The summed E-state index contributed by atoms with van der Waals surface area (Å²) in [6.07, 6.45) is 4.63. The normalized spacial score (nSPS) is 39.1. The molecule has 2 atom stereocenters. The summed E-state index contributed by atoms with van der Waals surface area (Å²) in [4.78, 5) is 10.6. The second-order valence-corrected chi connectivity index (χ2v) is 3.66. The molecular weight excluding hydrogens is 156 g/mol. The second-order valence-electron chi connectivity index (χ2n) is 3.66. The van der Waals surface area contributed by atoms with Gasteiger partial charge in [-0.15, -0.1) is 0 Å². The quantitative estimate of drug-likeness (QED) is 0.556. The third-order valence-corrected chi connectivity index (χ3v) is 2.71. The molecule has 1 heterocycles. The first-order chi connectivity index (χ1) is 5.76. The van der Waals surface area contributed by atoms with Gasteiger partial charge in [-0.25, -0.2) is 0 Å². The van der Waals surface area contributed by atoms with Gasteiger partial charge >= 0.3 is 0 Å². The Morgan fingerprint density at radius 1 is 1.33 bits per heavy atom. The molecule has 1 spiro atoms. The highest BCUT2D eigenvalue weighted by atomic mass is 16.8. The van der Waals surface area contributed by atoms with E-state index >= 15 is 0 Å². The fourth-order valence-electron chi connectivity index (χ4n) is 2.07. The van der Waals surface area contributed by atoms with E-state index in [0.717, 1.165) is 32.0 Å². The van der Waals surface area contributed by atoms with Crippen LogP contribution >= 0.6 is 0 Å². The van der Waals surface area contributed by atoms with Crippen molar-refractivity contribution in [2.45, 2.75) is 50.6 Å². The summed E-state index contributed by atoms with van der Waals surface area (Å²) in [6.45, 7) is 1.89. The van der Waals surface area contributed by atoms with E-state index in [0.29, 0.717) is 0 Å². The van der Waals surface area contributed by atoms with Gasteiger partial charge in [0, 0.05) is 12.8 Å². The first-order valence-corrected chi connectivity index (χ1v) is 4.57. The van der Waals surface area contributed by atoms with Gasteiger partial charge in [-0.2, -0.15) is 0 Å². The monoisotopic (exact) mass is 170 g/mol. The van der Waals surface area contributed by atoms with Crippen molar-refractivity contribution in [2.75, 3.05) is 0 Å². The lowest BCUT2D eigenvalue weighted by Gasteiger charge is -2.21. The predicted octanol–water partition coefficient (Wildman–Crippen LogP) is 1.26. The van der Waals surface area contributed by atoms with Gasteiger partial charge in [0.25, 0.3) is 0 Å². The van der Waals surface area contributed by atoms with Gasteiger partial charge in [0.1, 0.15) is 6.10 Å². The van der Waals surface area contributed by atoms with E-state index in [2.05, 4.69) is 0 Å². The Morgan fingerprint density at radius 2 is 2.00 bits per heavy atom. The SMILES string of the molecule is CC1OC2(CCCC2)OC1C=O. The molecule has 3 nitrogen and oxygen atoms in total. The first-order valence-electron chi connectivity index (χ1n) is 4.57. The van der Waals surface area contributed by atoms with Gasteiger partial charge in [-0.3, -0.25) is 0 Å². The number of hydrogen-bond donors (Lipinski definition) is 0. The largest absolute Gasteiger partial charge is 0.344 e. The van der Waals surface area contributed by atoms with Crippen LogP contribution in [0, 0.1) is 0 Å². The second kappa shape index (κ2) is 2.82. The minimum absolute atomic E-state index is 0.0689. The number of ether oxygens (including phenoxy) is 2. The Kier molecular flexibility index (Phi) is 1.93. The molecule has 1 saturated heterocycles. The summed E-state index contributed by atoms with van der Waals surface area (Å²) in [6, 6.07) is 0. The molecule has 2 unspecified atom stereocenters. The van der Waals surface area contributed by atoms with Crippen LogP contribution in [0.25, 0.3) is 0 Å². The van der Waals surface area contributed by atoms with Crippen LogP contribution in [0.5, 0.6) is 0 Å². The highest BCUT2D eigenvalue weighted by Gasteiger charge is 2.47. The Bertz CT molecular complexity index is 184. The minimum atomic E-state index is -0.398. The molecule has 1 aliphatic carbocycles. The fourth-order valence-corrected chi connectivity index (χ4v) is 2.07. The van der Waals surface area contributed by atoms with Gasteiger partial charge in [0.05, 0.1) is 6.10 Å². The predicted molar refractivity (Wildman–Crippen MR) is 42.7 cm³/mol. The molecule has 1 saturated carbocycles. The van der Waals surface area contributed by atoms with Crippen LogP contribution in [-0.2, 0) is 14.3 Å². The molecule has 0 bridgehead atoms. The maximum atomic E-state index is 10.6. The summed E-state index contributed by atoms with van der Waals surface area (Å²) in [5.41, 5.74) is 0. The molecule has 2 fully saturated rings. The molecule has 1 aliphatic heterocycles. The van der Waals surface area contributed by atoms with Crippen LogP contribution < -0.4 is 0 Å². The molecular formula is C9H14O3. The molecule has 12 heavy (non-hydrogen) atoms. The van der Waals surface area contributed by atoms with Crippen molar-refractivity contribution < 1.29 is 14.3 Å². The lowest BCUT2D eigenvalue weighted by Crippen LogP contribution is -2.26. The third kappa shape index (κ3) is 1.17. The van der Waals surface area contributed by atoms with Crippen molar-refractivity contribution in [2.24, 2.45) is 0 Å². The third-order valence-electron chi connectivity index (χ3n) is 2.71. The Hall–Kier alpha value is -0.410. The lowest BCUT2D eigenvalue weighted by atomic mass is 10.2. The smallest absolute Gasteiger partial charge is 0.169 e. The van der Waals surface area contributed by atoms with Gasteiger partial charge in [-0.1, -0.05) is 0 Å². The average Bonchev–Trinajstić information content (AvgIpc) is 2.60. The summed E-state index contributed by atoms with van der Waals surface area (Å²) in [5, 5.41) is 0. The van der Waals surface area contributed by atoms with Gasteiger partial charge in [0.15, 0.2) is 12.1 Å². The minimum Gasteiger partial charge on any atom is -0.344 e. The molecule has 2 aliphatic rings.